The van der Waals surface area contributed by atoms with Gasteiger partial charge in [0.05, 0.1) is 12.7 Å². The third-order valence-electron chi connectivity index (χ3n) is 1.59. The standard InChI is InChI=1S/C6H12O5/c7-2-4-6(10)3(8)1-5(9)11-4/h3-10H,1-2H2/t3-,4-,5?,6+/m1/s1/i1D/t1-,3-,4-,5?,6+. The number of hydrogen-bond acceptors (Lipinski definition) is 5. The number of aliphatic hydroxyl groups is 4. The molecular weight excluding hydrogens is 152 g/mol. The minimum Gasteiger partial charge on any atom is -0.394 e. The number of rotatable bonds is 1. The Balaban J connectivity index is 2.63. The largest absolute Gasteiger partial charge is 0.394 e. The highest BCUT2D eigenvalue weighted by Gasteiger charge is 2.35. The monoisotopic (exact) mass is 165 g/mol. The Morgan fingerprint density at radius 2 is 2.09 bits per heavy atom. The highest BCUT2D eigenvalue weighted by Crippen LogP contribution is 2.18. The van der Waals surface area contributed by atoms with Crippen LogP contribution in [0.3, 0.4) is 0 Å². The van der Waals surface area contributed by atoms with Crippen LogP contribution in [0.25, 0.3) is 0 Å². The summed E-state index contributed by atoms with van der Waals surface area (Å²) in [5.74, 6) is 0. The summed E-state index contributed by atoms with van der Waals surface area (Å²) in [6.07, 6.45) is -6.47. The molecule has 1 heterocycles. The molecule has 0 aromatic carbocycles. The maximum Gasteiger partial charge on any atom is 0.157 e. The molecule has 5 nitrogen and oxygen atoms in total. The number of aliphatic hydroxyl groups excluding tert-OH is 4. The first-order valence-electron chi connectivity index (χ1n) is 3.88. The Bertz CT molecular complexity index is 150. The first-order chi connectivity index (χ1) is 5.57. The second kappa shape index (κ2) is 3.46. The Morgan fingerprint density at radius 1 is 1.45 bits per heavy atom. The van der Waals surface area contributed by atoms with Crippen molar-refractivity contribution in [1.82, 2.24) is 0 Å². The van der Waals surface area contributed by atoms with Crippen molar-refractivity contribution in [2.75, 3.05) is 6.61 Å². The zero-order valence-electron chi connectivity index (χ0n) is 6.79. The van der Waals surface area contributed by atoms with Crippen LogP contribution in [0.5, 0.6) is 0 Å². The normalized spacial score (nSPS) is 53.8. The van der Waals surface area contributed by atoms with Crippen LogP contribution in [0.1, 0.15) is 7.77 Å². The van der Waals surface area contributed by atoms with E-state index in [9.17, 15) is 0 Å². The predicted octanol–water partition coefficient (Wildman–Crippen LogP) is -2.19. The molecule has 1 unspecified atom stereocenters. The van der Waals surface area contributed by atoms with Gasteiger partial charge in [-0.1, -0.05) is 0 Å². The second-order valence-corrected chi connectivity index (χ2v) is 2.42. The van der Waals surface area contributed by atoms with E-state index in [4.69, 9.17) is 21.8 Å². The van der Waals surface area contributed by atoms with Crippen LogP contribution in [0.4, 0.5) is 0 Å². The van der Waals surface area contributed by atoms with Crippen LogP contribution in [0.2, 0.25) is 0 Å². The summed E-state index contributed by atoms with van der Waals surface area (Å²) in [6, 6.07) is 0. The van der Waals surface area contributed by atoms with E-state index in [-0.39, 0.29) is 0 Å². The molecule has 1 fully saturated rings. The van der Waals surface area contributed by atoms with Gasteiger partial charge in [0.2, 0.25) is 0 Å². The lowest BCUT2D eigenvalue weighted by molar-refractivity contribution is -0.239. The molecule has 0 radical (unpaired) electrons. The molecule has 5 atom stereocenters. The Morgan fingerprint density at radius 3 is 2.64 bits per heavy atom. The zero-order chi connectivity index (χ0) is 9.30. The number of ether oxygens (including phenoxy) is 1. The zero-order valence-corrected chi connectivity index (χ0v) is 5.79. The average Bonchev–Trinajstić information content (AvgIpc) is 2.08. The molecular formula is C6H12O5. The van der Waals surface area contributed by atoms with Gasteiger partial charge in [0.25, 0.3) is 0 Å². The smallest absolute Gasteiger partial charge is 0.157 e. The van der Waals surface area contributed by atoms with Gasteiger partial charge >= 0.3 is 0 Å². The van der Waals surface area contributed by atoms with E-state index in [0.29, 0.717) is 0 Å². The van der Waals surface area contributed by atoms with E-state index in [1.165, 1.54) is 0 Å². The van der Waals surface area contributed by atoms with Crippen LogP contribution in [-0.4, -0.2) is 51.6 Å². The summed E-state index contributed by atoms with van der Waals surface area (Å²) in [5.41, 5.74) is 0. The lowest BCUT2D eigenvalue weighted by Gasteiger charge is -2.33. The molecule has 0 aliphatic carbocycles. The van der Waals surface area contributed by atoms with Crippen molar-refractivity contribution in [2.45, 2.75) is 31.0 Å². The Labute approximate surface area is 65.3 Å². The fourth-order valence-electron chi connectivity index (χ4n) is 0.958. The van der Waals surface area contributed by atoms with E-state index in [1.54, 1.807) is 0 Å². The first-order valence-corrected chi connectivity index (χ1v) is 3.30. The summed E-state index contributed by atoms with van der Waals surface area (Å²) in [5, 5.41) is 35.9. The van der Waals surface area contributed by atoms with E-state index in [2.05, 4.69) is 4.74 Å². The summed E-state index contributed by atoms with van der Waals surface area (Å²) >= 11 is 0. The molecule has 0 spiro atoms. The molecule has 11 heavy (non-hydrogen) atoms. The summed E-state index contributed by atoms with van der Waals surface area (Å²) in [4.78, 5) is 0. The first kappa shape index (κ1) is 7.45. The van der Waals surface area contributed by atoms with Crippen molar-refractivity contribution in [3.05, 3.63) is 0 Å². The lowest BCUT2D eigenvalue weighted by Crippen LogP contribution is -2.49. The fourth-order valence-corrected chi connectivity index (χ4v) is 0.958. The maximum atomic E-state index is 9.16. The third-order valence-corrected chi connectivity index (χ3v) is 1.59. The SMILES string of the molecule is [2H][C@H]1C(O)O[C@H](CO)[C@@H](O)[C@@H]1O. The van der Waals surface area contributed by atoms with Gasteiger partial charge in [0.1, 0.15) is 12.2 Å². The quantitative estimate of drug-likeness (QED) is 0.354. The maximum absolute atomic E-state index is 9.16. The van der Waals surface area contributed by atoms with Crippen LogP contribution in [-0.2, 0) is 4.74 Å². The highest BCUT2D eigenvalue weighted by molar-refractivity contribution is 4.81. The molecule has 0 saturated carbocycles. The van der Waals surface area contributed by atoms with E-state index in [0.717, 1.165) is 0 Å². The average molecular weight is 165 g/mol. The number of hydrogen-bond donors (Lipinski definition) is 4. The van der Waals surface area contributed by atoms with Crippen molar-refractivity contribution in [2.24, 2.45) is 0 Å². The topological polar surface area (TPSA) is 90.2 Å². The minimum atomic E-state index is -1.46. The van der Waals surface area contributed by atoms with Crippen LogP contribution < -0.4 is 0 Å². The van der Waals surface area contributed by atoms with Crippen molar-refractivity contribution >= 4 is 0 Å². The van der Waals surface area contributed by atoms with Crippen LogP contribution >= 0.6 is 0 Å². The van der Waals surface area contributed by atoms with Crippen LogP contribution in [0.15, 0.2) is 0 Å². The van der Waals surface area contributed by atoms with Gasteiger partial charge in [-0.05, 0) is 0 Å². The van der Waals surface area contributed by atoms with Gasteiger partial charge < -0.3 is 25.2 Å². The van der Waals surface area contributed by atoms with Crippen LogP contribution in [0, 0.1) is 0 Å². The van der Waals surface area contributed by atoms with Crippen molar-refractivity contribution < 1.29 is 26.5 Å². The molecule has 66 valence electrons. The predicted molar refractivity (Wildman–Crippen MR) is 34.6 cm³/mol. The summed E-state index contributed by atoms with van der Waals surface area (Å²) < 4.78 is 11.8. The third kappa shape index (κ3) is 1.88. The Hall–Kier alpha value is -0.200. The summed E-state index contributed by atoms with van der Waals surface area (Å²) in [6.45, 7) is -0.498. The molecule has 1 aliphatic rings. The minimum absolute atomic E-state index is 0.498. The van der Waals surface area contributed by atoms with Gasteiger partial charge in [-0.2, -0.15) is 0 Å². The molecule has 1 aliphatic heterocycles. The Kier molecular flexibility index (Phi) is 2.35. The second-order valence-electron chi connectivity index (χ2n) is 2.42. The molecule has 0 aromatic rings. The molecule has 0 bridgehead atoms. The van der Waals surface area contributed by atoms with E-state index in [1.807, 2.05) is 0 Å². The van der Waals surface area contributed by atoms with Gasteiger partial charge in [0, 0.05) is 7.77 Å². The van der Waals surface area contributed by atoms with Crippen molar-refractivity contribution in [1.29, 1.82) is 0 Å². The highest BCUT2D eigenvalue weighted by atomic mass is 16.6. The van der Waals surface area contributed by atoms with Gasteiger partial charge in [-0.15, -0.1) is 0 Å². The van der Waals surface area contributed by atoms with Gasteiger partial charge in [0.15, 0.2) is 6.29 Å². The summed E-state index contributed by atoms with van der Waals surface area (Å²) in [7, 11) is 0. The molecule has 1 saturated heterocycles. The molecule has 0 amide bonds. The van der Waals surface area contributed by atoms with Crippen molar-refractivity contribution in [3.63, 3.8) is 0 Å². The van der Waals surface area contributed by atoms with Crippen molar-refractivity contribution in [3.8, 4) is 0 Å². The molecule has 0 aromatic heterocycles. The molecule has 4 N–H and O–H groups in total. The van der Waals surface area contributed by atoms with E-state index < -0.39 is 37.6 Å². The van der Waals surface area contributed by atoms with Gasteiger partial charge in [-0.25, -0.2) is 0 Å². The fraction of sp³-hybridized carbons (Fsp3) is 1.00. The lowest BCUT2D eigenvalue weighted by atomic mass is 10.0. The van der Waals surface area contributed by atoms with E-state index >= 15 is 0 Å². The molecule has 1 rings (SSSR count). The van der Waals surface area contributed by atoms with Gasteiger partial charge in [-0.3, -0.25) is 0 Å². The molecule has 5 heteroatoms.